The largest absolute Gasteiger partial charge is 0.482 e. The zero-order valence-corrected chi connectivity index (χ0v) is 11.7. The van der Waals surface area contributed by atoms with E-state index in [-0.39, 0.29) is 5.56 Å². The van der Waals surface area contributed by atoms with Crippen molar-refractivity contribution in [1.82, 2.24) is 0 Å². The molecule has 0 aromatic heterocycles. The van der Waals surface area contributed by atoms with Gasteiger partial charge >= 0.3 is 5.97 Å². The molecule has 20 heavy (non-hydrogen) atoms. The van der Waals surface area contributed by atoms with Crippen molar-refractivity contribution < 1.29 is 14.6 Å². The Kier molecular flexibility index (Phi) is 4.61. The highest BCUT2D eigenvalue weighted by atomic mass is 16.5. The molecular formula is C17H20O3. The van der Waals surface area contributed by atoms with Crippen LogP contribution in [0.15, 0.2) is 48.6 Å². The molecule has 1 aliphatic rings. The van der Waals surface area contributed by atoms with Crippen LogP contribution in [0.4, 0.5) is 0 Å². The first-order chi connectivity index (χ1) is 9.67. The average molecular weight is 272 g/mol. The Morgan fingerprint density at radius 1 is 1.35 bits per heavy atom. The first-order valence-corrected chi connectivity index (χ1v) is 7.02. The average Bonchev–Trinajstić information content (AvgIpc) is 2.46. The molecule has 1 atom stereocenters. The second-order valence-corrected chi connectivity index (χ2v) is 5.06. The van der Waals surface area contributed by atoms with Crippen LogP contribution < -0.4 is 4.74 Å². The van der Waals surface area contributed by atoms with Crippen molar-refractivity contribution in [3.63, 3.8) is 0 Å². The van der Waals surface area contributed by atoms with Gasteiger partial charge in [-0.25, -0.2) is 4.79 Å². The minimum Gasteiger partial charge on any atom is -0.482 e. The lowest BCUT2D eigenvalue weighted by Crippen LogP contribution is -2.34. The fourth-order valence-electron chi connectivity index (χ4n) is 2.38. The number of allylic oxidation sites excluding steroid dienone is 2. The molecule has 0 amide bonds. The van der Waals surface area contributed by atoms with Crippen LogP contribution in [0.25, 0.3) is 0 Å². The number of carboxylic acid groups (broad SMARTS) is 1. The first-order valence-electron chi connectivity index (χ1n) is 7.02. The van der Waals surface area contributed by atoms with E-state index in [0.29, 0.717) is 5.75 Å². The predicted molar refractivity (Wildman–Crippen MR) is 79.2 cm³/mol. The van der Waals surface area contributed by atoms with Gasteiger partial charge in [0.2, 0.25) is 0 Å². The predicted octanol–water partition coefficient (Wildman–Crippen LogP) is 4.21. The standard InChI is InChI=1S/C17H20O3/c1-2-3-11-17(12-7-4-8-13-17)20-15-10-6-5-9-14(15)16(18)19/h4-10,12H,2-3,11,13H2,1H3,(H,18,19). The van der Waals surface area contributed by atoms with Crippen molar-refractivity contribution in [2.45, 2.75) is 38.2 Å². The lowest BCUT2D eigenvalue weighted by molar-refractivity contribution is 0.0674. The van der Waals surface area contributed by atoms with Crippen LogP contribution in [0.2, 0.25) is 0 Å². The van der Waals surface area contributed by atoms with Crippen LogP contribution in [-0.4, -0.2) is 16.7 Å². The number of hydrogen-bond acceptors (Lipinski definition) is 2. The van der Waals surface area contributed by atoms with Crippen LogP contribution in [0.3, 0.4) is 0 Å². The molecule has 0 spiro atoms. The summed E-state index contributed by atoms with van der Waals surface area (Å²) in [5.74, 6) is -0.516. The quantitative estimate of drug-likeness (QED) is 0.843. The highest BCUT2D eigenvalue weighted by Crippen LogP contribution is 2.32. The summed E-state index contributed by atoms with van der Waals surface area (Å²) < 4.78 is 6.12. The molecule has 1 aromatic rings. The van der Waals surface area contributed by atoms with E-state index in [0.717, 1.165) is 25.7 Å². The molecule has 106 valence electrons. The Morgan fingerprint density at radius 3 is 2.80 bits per heavy atom. The van der Waals surface area contributed by atoms with Gasteiger partial charge < -0.3 is 9.84 Å². The van der Waals surface area contributed by atoms with Gasteiger partial charge in [-0.3, -0.25) is 0 Å². The van der Waals surface area contributed by atoms with E-state index in [1.165, 1.54) is 0 Å². The molecule has 1 aliphatic carbocycles. The third-order valence-corrected chi connectivity index (χ3v) is 3.49. The van der Waals surface area contributed by atoms with E-state index in [2.05, 4.69) is 13.0 Å². The van der Waals surface area contributed by atoms with E-state index in [1.54, 1.807) is 24.3 Å². The van der Waals surface area contributed by atoms with Crippen molar-refractivity contribution in [3.8, 4) is 5.75 Å². The van der Waals surface area contributed by atoms with Crippen molar-refractivity contribution in [2.75, 3.05) is 0 Å². The number of carbonyl (C=O) groups is 1. The SMILES string of the molecule is CCCCC1(Oc2ccccc2C(=O)O)C=CC=CC1. The summed E-state index contributed by atoms with van der Waals surface area (Å²) in [6.07, 6.45) is 11.9. The molecule has 0 saturated carbocycles. The van der Waals surface area contributed by atoms with Crippen molar-refractivity contribution >= 4 is 5.97 Å². The number of aromatic carboxylic acids is 1. The smallest absolute Gasteiger partial charge is 0.339 e. The van der Waals surface area contributed by atoms with Crippen LogP contribution in [-0.2, 0) is 0 Å². The van der Waals surface area contributed by atoms with Crippen LogP contribution in [0, 0.1) is 0 Å². The monoisotopic (exact) mass is 272 g/mol. The van der Waals surface area contributed by atoms with E-state index in [1.807, 2.05) is 18.2 Å². The maximum atomic E-state index is 11.3. The van der Waals surface area contributed by atoms with Crippen LogP contribution in [0.5, 0.6) is 5.75 Å². The number of ether oxygens (including phenoxy) is 1. The summed E-state index contributed by atoms with van der Waals surface area (Å²) >= 11 is 0. The van der Waals surface area contributed by atoms with Gasteiger partial charge in [0.1, 0.15) is 16.9 Å². The van der Waals surface area contributed by atoms with Gasteiger partial charge in [0.25, 0.3) is 0 Å². The van der Waals surface area contributed by atoms with Gasteiger partial charge in [0.15, 0.2) is 0 Å². The van der Waals surface area contributed by atoms with E-state index < -0.39 is 11.6 Å². The van der Waals surface area contributed by atoms with Crippen molar-refractivity contribution in [2.24, 2.45) is 0 Å². The number of benzene rings is 1. The van der Waals surface area contributed by atoms with Gasteiger partial charge in [-0.1, -0.05) is 43.7 Å². The lowest BCUT2D eigenvalue weighted by Gasteiger charge is -2.33. The van der Waals surface area contributed by atoms with Gasteiger partial charge in [0.05, 0.1) is 0 Å². The minimum atomic E-state index is -0.957. The number of hydrogen-bond donors (Lipinski definition) is 1. The molecule has 0 bridgehead atoms. The molecule has 1 aromatic carbocycles. The topological polar surface area (TPSA) is 46.5 Å². The van der Waals surface area contributed by atoms with Crippen molar-refractivity contribution in [1.29, 1.82) is 0 Å². The zero-order valence-electron chi connectivity index (χ0n) is 11.7. The summed E-state index contributed by atoms with van der Waals surface area (Å²) in [6.45, 7) is 2.14. The molecule has 3 nitrogen and oxygen atoms in total. The third kappa shape index (κ3) is 3.29. The van der Waals surface area contributed by atoms with E-state index >= 15 is 0 Å². The number of unbranched alkanes of at least 4 members (excludes halogenated alkanes) is 1. The second-order valence-electron chi connectivity index (χ2n) is 5.06. The Morgan fingerprint density at radius 2 is 2.15 bits per heavy atom. The molecule has 0 saturated heterocycles. The molecule has 0 fully saturated rings. The summed E-state index contributed by atoms with van der Waals surface area (Å²) in [5.41, 5.74) is -0.206. The summed E-state index contributed by atoms with van der Waals surface area (Å²) in [5, 5.41) is 9.24. The lowest BCUT2D eigenvalue weighted by atomic mass is 9.89. The van der Waals surface area contributed by atoms with Crippen LogP contribution >= 0.6 is 0 Å². The van der Waals surface area contributed by atoms with Gasteiger partial charge in [0, 0.05) is 6.42 Å². The number of carboxylic acids is 1. The third-order valence-electron chi connectivity index (χ3n) is 3.49. The summed E-state index contributed by atoms with van der Waals surface area (Å²) in [6, 6.07) is 6.82. The van der Waals surface area contributed by atoms with Crippen LogP contribution in [0.1, 0.15) is 43.0 Å². The van der Waals surface area contributed by atoms with Crippen molar-refractivity contribution in [3.05, 3.63) is 54.1 Å². The molecule has 2 rings (SSSR count). The fourth-order valence-corrected chi connectivity index (χ4v) is 2.38. The fraction of sp³-hybridized carbons (Fsp3) is 0.353. The summed E-state index contributed by atoms with van der Waals surface area (Å²) in [4.78, 5) is 11.3. The minimum absolute atomic E-state index is 0.214. The molecular weight excluding hydrogens is 252 g/mol. The summed E-state index contributed by atoms with van der Waals surface area (Å²) in [7, 11) is 0. The van der Waals surface area contributed by atoms with E-state index in [4.69, 9.17) is 4.74 Å². The molecule has 3 heteroatoms. The molecule has 0 aliphatic heterocycles. The Bertz CT molecular complexity index is 531. The normalized spacial score (nSPS) is 20.9. The van der Waals surface area contributed by atoms with E-state index in [9.17, 15) is 9.90 Å². The molecule has 1 N–H and O–H groups in total. The highest BCUT2D eigenvalue weighted by molar-refractivity contribution is 5.90. The maximum Gasteiger partial charge on any atom is 0.339 e. The molecule has 0 radical (unpaired) electrons. The Hall–Kier alpha value is -2.03. The Labute approximate surface area is 119 Å². The number of rotatable bonds is 6. The zero-order chi connectivity index (χ0) is 14.4. The molecule has 0 heterocycles. The van der Waals surface area contributed by atoms with Gasteiger partial charge in [-0.2, -0.15) is 0 Å². The number of para-hydroxylation sites is 1. The Balaban J connectivity index is 2.26. The second kappa shape index (κ2) is 6.42. The van der Waals surface area contributed by atoms with Gasteiger partial charge in [-0.05, 0) is 31.1 Å². The first kappa shape index (κ1) is 14.4. The molecule has 1 unspecified atom stereocenters. The van der Waals surface area contributed by atoms with Gasteiger partial charge in [-0.15, -0.1) is 0 Å². The maximum absolute atomic E-state index is 11.3. The highest BCUT2D eigenvalue weighted by Gasteiger charge is 2.30.